The van der Waals surface area contributed by atoms with Crippen LogP contribution in [-0.2, 0) is 6.42 Å². The van der Waals surface area contributed by atoms with Crippen LogP contribution in [0.25, 0.3) is 0 Å². The molecule has 5 heteroatoms. The zero-order valence-corrected chi connectivity index (χ0v) is 13.8. The molecule has 1 aliphatic heterocycles. The highest BCUT2D eigenvalue weighted by Crippen LogP contribution is 2.34. The van der Waals surface area contributed by atoms with Gasteiger partial charge in [-0.05, 0) is 49.2 Å². The van der Waals surface area contributed by atoms with Gasteiger partial charge in [0, 0.05) is 30.4 Å². The van der Waals surface area contributed by atoms with Crippen molar-refractivity contribution in [3.8, 4) is 5.75 Å². The number of aromatic nitrogens is 1. The maximum Gasteiger partial charge on any atom is 0.129 e. The molecule has 0 aliphatic carbocycles. The first-order valence-corrected chi connectivity index (χ1v) is 8.31. The average molecular weight is 335 g/mol. The van der Waals surface area contributed by atoms with Crippen molar-refractivity contribution in [1.29, 1.82) is 0 Å². The number of ether oxygens (including phenoxy) is 1. The van der Waals surface area contributed by atoms with Gasteiger partial charge >= 0.3 is 0 Å². The Morgan fingerprint density at radius 3 is 2.96 bits per heavy atom. The summed E-state index contributed by atoms with van der Waals surface area (Å²) in [5.41, 5.74) is 1.83. The van der Waals surface area contributed by atoms with E-state index in [2.05, 4.69) is 10.3 Å². The first-order valence-electron chi connectivity index (χ1n) is 7.93. The third kappa shape index (κ3) is 3.82. The number of aryl methyl sites for hydroxylation is 1. The molecule has 1 aromatic carbocycles. The molecule has 0 amide bonds. The SMILES string of the molecule is CCc1cc(F)ccc1OC(c1cncc(Cl)c1)C1CCNC1. The van der Waals surface area contributed by atoms with Crippen molar-refractivity contribution >= 4 is 11.6 Å². The highest BCUT2D eigenvalue weighted by atomic mass is 35.5. The Bertz CT molecular complexity index is 674. The predicted octanol–water partition coefficient (Wildman–Crippen LogP) is 4.17. The minimum absolute atomic E-state index is 0.146. The van der Waals surface area contributed by atoms with E-state index >= 15 is 0 Å². The van der Waals surface area contributed by atoms with E-state index in [1.807, 2.05) is 13.0 Å². The molecule has 0 saturated carbocycles. The summed E-state index contributed by atoms with van der Waals surface area (Å²) in [4.78, 5) is 4.18. The van der Waals surface area contributed by atoms with Crippen LogP contribution in [0.2, 0.25) is 5.02 Å². The highest BCUT2D eigenvalue weighted by Gasteiger charge is 2.29. The summed E-state index contributed by atoms with van der Waals surface area (Å²) in [5.74, 6) is 0.827. The van der Waals surface area contributed by atoms with Crippen LogP contribution in [0.5, 0.6) is 5.75 Å². The molecule has 1 aromatic heterocycles. The second-order valence-electron chi connectivity index (χ2n) is 5.83. The number of benzene rings is 1. The number of rotatable bonds is 5. The van der Waals surface area contributed by atoms with Crippen LogP contribution in [0.1, 0.15) is 30.6 Å². The molecule has 1 aliphatic rings. The quantitative estimate of drug-likeness (QED) is 0.891. The van der Waals surface area contributed by atoms with E-state index in [1.165, 1.54) is 12.1 Å². The van der Waals surface area contributed by atoms with Gasteiger partial charge in [0.25, 0.3) is 0 Å². The molecule has 122 valence electrons. The Morgan fingerprint density at radius 2 is 2.26 bits per heavy atom. The first kappa shape index (κ1) is 16.2. The molecular formula is C18H20ClFN2O. The van der Waals surface area contributed by atoms with E-state index in [9.17, 15) is 4.39 Å². The smallest absolute Gasteiger partial charge is 0.129 e. The molecule has 1 fully saturated rings. The van der Waals surface area contributed by atoms with Gasteiger partial charge in [0.15, 0.2) is 0 Å². The van der Waals surface area contributed by atoms with Crippen LogP contribution in [0.4, 0.5) is 4.39 Å². The molecule has 0 bridgehead atoms. The molecule has 2 aromatic rings. The van der Waals surface area contributed by atoms with E-state index in [0.29, 0.717) is 10.9 Å². The molecule has 1 N–H and O–H groups in total. The Hall–Kier alpha value is -1.65. The lowest BCUT2D eigenvalue weighted by Gasteiger charge is -2.26. The predicted molar refractivity (Wildman–Crippen MR) is 89.4 cm³/mol. The van der Waals surface area contributed by atoms with Crippen molar-refractivity contribution in [3.63, 3.8) is 0 Å². The lowest BCUT2D eigenvalue weighted by atomic mass is 9.95. The maximum atomic E-state index is 13.5. The number of nitrogens with one attached hydrogen (secondary N) is 1. The monoisotopic (exact) mass is 334 g/mol. The van der Waals surface area contributed by atoms with E-state index in [0.717, 1.165) is 42.8 Å². The van der Waals surface area contributed by atoms with Crippen LogP contribution in [0.15, 0.2) is 36.7 Å². The largest absolute Gasteiger partial charge is 0.485 e. The van der Waals surface area contributed by atoms with Gasteiger partial charge in [0.1, 0.15) is 17.7 Å². The maximum absolute atomic E-state index is 13.5. The Kier molecular flexibility index (Phi) is 5.13. The fraction of sp³-hybridized carbons (Fsp3) is 0.389. The van der Waals surface area contributed by atoms with E-state index in [1.54, 1.807) is 18.5 Å². The fourth-order valence-corrected chi connectivity index (χ4v) is 3.21. The van der Waals surface area contributed by atoms with Crippen molar-refractivity contribution in [2.24, 2.45) is 5.92 Å². The van der Waals surface area contributed by atoms with Crippen molar-refractivity contribution in [2.75, 3.05) is 13.1 Å². The van der Waals surface area contributed by atoms with E-state index in [-0.39, 0.29) is 11.9 Å². The normalized spacial score (nSPS) is 18.8. The third-order valence-corrected chi connectivity index (χ3v) is 4.45. The lowest BCUT2D eigenvalue weighted by Crippen LogP contribution is -2.22. The Balaban J connectivity index is 1.93. The molecule has 2 heterocycles. The third-order valence-electron chi connectivity index (χ3n) is 4.24. The average Bonchev–Trinajstić information content (AvgIpc) is 3.07. The molecule has 3 nitrogen and oxygen atoms in total. The van der Waals surface area contributed by atoms with Crippen LogP contribution in [0.3, 0.4) is 0 Å². The zero-order chi connectivity index (χ0) is 16.2. The van der Waals surface area contributed by atoms with Gasteiger partial charge in [0.2, 0.25) is 0 Å². The zero-order valence-electron chi connectivity index (χ0n) is 13.1. The van der Waals surface area contributed by atoms with Gasteiger partial charge in [-0.25, -0.2) is 4.39 Å². The summed E-state index contributed by atoms with van der Waals surface area (Å²) in [7, 11) is 0. The molecule has 23 heavy (non-hydrogen) atoms. The van der Waals surface area contributed by atoms with Crippen LogP contribution in [-0.4, -0.2) is 18.1 Å². The van der Waals surface area contributed by atoms with Gasteiger partial charge < -0.3 is 10.1 Å². The van der Waals surface area contributed by atoms with Crippen LogP contribution >= 0.6 is 11.6 Å². The summed E-state index contributed by atoms with van der Waals surface area (Å²) in [6.07, 6.45) is 5.01. The van der Waals surface area contributed by atoms with Gasteiger partial charge in [-0.15, -0.1) is 0 Å². The van der Waals surface area contributed by atoms with E-state index in [4.69, 9.17) is 16.3 Å². The Morgan fingerprint density at radius 1 is 1.39 bits per heavy atom. The number of hydrogen-bond acceptors (Lipinski definition) is 3. The van der Waals surface area contributed by atoms with E-state index < -0.39 is 0 Å². The molecule has 0 radical (unpaired) electrons. The van der Waals surface area contributed by atoms with Gasteiger partial charge in [-0.2, -0.15) is 0 Å². The van der Waals surface area contributed by atoms with Crippen molar-refractivity contribution < 1.29 is 9.13 Å². The van der Waals surface area contributed by atoms with Crippen molar-refractivity contribution in [3.05, 3.63) is 58.6 Å². The van der Waals surface area contributed by atoms with Gasteiger partial charge in [0.05, 0.1) is 5.02 Å². The first-order chi connectivity index (χ1) is 11.2. The fourth-order valence-electron chi connectivity index (χ4n) is 3.03. The summed E-state index contributed by atoms with van der Waals surface area (Å²) in [6.45, 7) is 3.86. The standard InChI is InChI=1S/C18H20ClFN2O/c1-2-12-8-16(20)3-4-17(12)23-18(13-5-6-21-9-13)14-7-15(19)11-22-10-14/h3-4,7-8,10-11,13,18,21H,2,5-6,9H2,1H3. The highest BCUT2D eigenvalue weighted by molar-refractivity contribution is 6.30. The van der Waals surface area contributed by atoms with Crippen molar-refractivity contribution in [2.45, 2.75) is 25.9 Å². The summed E-state index contributed by atoms with van der Waals surface area (Å²) >= 11 is 6.09. The number of hydrogen-bond donors (Lipinski definition) is 1. The molecule has 2 unspecified atom stereocenters. The molecule has 3 rings (SSSR count). The second kappa shape index (κ2) is 7.28. The summed E-state index contributed by atoms with van der Waals surface area (Å²) < 4.78 is 19.8. The molecule has 2 atom stereocenters. The van der Waals surface area contributed by atoms with Crippen LogP contribution in [0, 0.1) is 11.7 Å². The summed E-state index contributed by atoms with van der Waals surface area (Å²) in [5, 5.41) is 3.96. The Labute approximate surface area is 140 Å². The minimum Gasteiger partial charge on any atom is -0.485 e. The number of pyridine rings is 1. The molecule has 0 spiro atoms. The number of nitrogens with zero attached hydrogens (tertiary/aromatic N) is 1. The molecule has 1 saturated heterocycles. The van der Waals surface area contributed by atoms with Crippen LogP contribution < -0.4 is 10.1 Å². The number of halogens is 2. The second-order valence-corrected chi connectivity index (χ2v) is 6.27. The summed E-state index contributed by atoms with van der Waals surface area (Å²) in [6, 6.07) is 6.58. The van der Waals surface area contributed by atoms with Crippen molar-refractivity contribution in [1.82, 2.24) is 10.3 Å². The van der Waals surface area contributed by atoms with Gasteiger partial charge in [-0.1, -0.05) is 18.5 Å². The lowest BCUT2D eigenvalue weighted by molar-refractivity contribution is 0.142. The topological polar surface area (TPSA) is 34.1 Å². The molecular weight excluding hydrogens is 315 g/mol. The van der Waals surface area contributed by atoms with Gasteiger partial charge in [-0.3, -0.25) is 4.98 Å². The minimum atomic E-state index is -0.238.